The zero-order valence-electron chi connectivity index (χ0n) is 16.3. The van der Waals surface area contributed by atoms with Crippen molar-refractivity contribution in [3.05, 3.63) is 22.4 Å². The van der Waals surface area contributed by atoms with Gasteiger partial charge in [-0.25, -0.2) is 18.9 Å². The van der Waals surface area contributed by atoms with Crippen LogP contribution in [0.15, 0.2) is 11.0 Å². The van der Waals surface area contributed by atoms with Crippen LogP contribution in [0.2, 0.25) is 0 Å². The number of rotatable bonds is 3. The summed E-state index contributed by atoms with van der Waals surface area (Å²) in [5.74, 6) is -2.15. The SMILES string of the molecule is CC(c1nc2c(cnn2C2CCCC2)c(=O)[nH]1)N1CCC(F)C1.O=C(O)C(F)(F)F. The van der Waals surface area contributed by atoms with Crippen LogP contribution < -0.4 is 5.56 Å². The number of likely N-dealkylation sites (tertiary alicyclic amines) is 1. The third kappa shape index (κ3) is 4.79. The summed E-state index contributed by atoms with van der Waals surface area (Å²) in [7, 11) is 0. The molecule has 30 heavy (non-hydrogen) atoms. The largest absolute Gasteiger partial charge is 0.490 e. The molecule has 0 spiro atoms. The molecule has 2 N–H and O–H groups in total. The predicted octanol–water partition coefficient (Wildman–Crippen LogP) is 2.97. The van der Waals surface area contributed by atoms with E-state index in [1.807, 2.05) is 16.5 Å². The molecule has 2 aromatic rings. The van der Waals surface area contributed by atoms with Crippen molar-refractivity contribution in [3.63, 3.8) is 0 Å². The average molecular weight is 433 g/mol. The lowest BCUT2D eigenvalue weighted by Gasteiger charge is -2.22. The highest BCUT2D eigenvalue weighted by Crippen LogP contribution is 2.31. The number of hydrogen-bond donors (Lipinski definition) is 2. The quantitative estimate of drug-likeness (QED) is 0.722. The van der Waals surface area contributed by atoms with Gasteiger partial charge in [-0.3, -0.25) is 9.69 Å². The van der Waals surface area contributed by atoms with Gasteiger partial charge in [-0.2, -0.15) is 18.3 Å². The summed E-state index contributed by atoms with van der Waals surface area (Å²) >= 11 is 0. The van der Waals surface area contributed by atoms with Crippen LogP contribution in [-0.2, 0) is 4.79 Å². The van der Waals surface area contributed by atoms with Crippen LogP contribution in [0.25, 0.3) is 11.0 Å². The molecule has 1 aliphatic carbocycles. The molecule has 0 bridgehead atoms. The van der Waals surface area contributed by atoms with E-state index in [1.54, 1.807) is 6.20 Å². The molecule has 4 rings (SSSR count). The van der Waals surface area contributed by atoms with Crippen molar-refractivity contribution in [1.29, 1.82) is 0 Å². The zero-order chi connectivity index (χ0) is 22.1. The van der Waals surface area contributed by atoms with Gasteiger partial charge in [0, 0.05) is 13.1 Å². The first kappa shape index (κ1) is 22.2. The highest BCUT2D eigenvalue weighted by molar-refractivity contribution is 5.73. The van der Waals surface area contributed by atoms with Gasteiger partial charge in [0.1, 0.15) is 17.4 Å². The molecule has 3 heterocycles. The highest BCUT2D eigenvalue weighted by Gasteiger charge is 2.38. The number of aromatic amines is 1. The molecule has 166 valence electrons. The van der Waals surface area contributed by atoms with E-state index in [4.69, 9.17) is 14.9 Å². The lowest BCUT2D eigenvalue weighted by Crippen LogP contribution is -2.28. The fraction of sp³-hybridized carbons (Fsp3) is 0.667. The number of hydrogen-bond acceptors (Lipinski definition) is 5. The van der Waals surface area contributed by atoms with Crippen LogP contribution in [0.4, 0.5) is 17.6 Å². The number of H-pyrrole nitrogens is 1. The van der Waals surface area contributed by atoms with E-state index >= 15 is 0 Å². The van der Waals surface area contributed by atoms with Gasteiger partial charge in [-0.15, -0.1) is 0 Å². The highest BCUT2D eigenvalue weighted by atomic mass is 19.4. The van der Waals surface area contributed by atoms with Gasteiger partial charge < -0.3 is 10.1 Å². The van der Waals surface area contributed by atoms with E-state index in [-0.39, 0.29) is 11.6 Å². The van der Waals surface area contributed by atoms with Gasteiger partial charge >= 0.3 is 12.1 Å². The van der Waals surface area contributed by atoms with E-state index in [9.17, 15) is 22.4 Å². The van der Waals surface area contributed by atoms with E-state index in [0.717, 1.165) is 12.8 Å². The Kier molecular flexibility index (Phi) is 6.44. The second-order valence-corrected chi connectivity index (χ2v) is 7.58. The summed E-state index contributed by atoms with van der Waals surface area (Å²) in [6.45, 7) is 3.08. The molecule has 2 unspecified atom stereocenters. The summed E-state index contributed by atoms with van der Waals surface area (Å²) in [4.78, 5) is 30.9. The first-order chi connectivity index (χ1) is 14.1. The number of carboxylic acid groups (broad SMARTS) is 1. The van der Waals surface area contributed by atoms with Crippen molar-refractivity contribution in [2.24, 2.45) is 0 Å². The molecule has 0 aromatic carbocycles. The topological polar surface area (TPSA) is 104 Å². The Morgan fingerprint density at radius 3 is 2.47 bits per heavy atom. The van der Waals surface area contributed by atoms with Crippen LogP contribution in [0.5, 0.6) is 0 Å². The van der Waals surface area contributed by atoms with Crippen molar-refractivity contribution >= 4 is 17.0 Å². The fourth-order valence-corrected chi connectivity index (χ4v) is 3.83. The van der Waals surface area contributed by atoms with Gasteiger partial charge in [-0.1, -0.05) is 12.8 Å². The Balaban J connectivity index is 0.000000318. The molecule has 1 saturated heterocycles. The van der Waals surface area contributed by atoms with E-state index in [2.05, 4.69) is 10.1 Å². The standard InChI is InChI=1S/C16H22FN5O.C2HF3O2/c1-10(21-7-6-11(17)9-21)14-19-15-13(16(23)20-14)8-18-22(15)12-4-2-3-5-12;3-2(4,5)1(6)7/h8,10-12H,2-7,9H2,1H3,(H,19,20,23);(H,6,7). The van der Waals surface area contributed by atoms with Gasteiger partial charge in [-0.05, 0) is 26.2 Å². The number of aliphatic carboxylic acids is 1. The number of alkyl halides is 4. The minimum Gasteiger partial charge on any atom is -0.475 e. The summed E-state index contributed by atoms with van der Waals surface area (Å²) < 4.78 is 47.1. The maximum atomic E-state index is 13.5. The van der Waals surface area contributed by atoms with Crippen molar-refractivity contribution in [2.45, 2.75) is 63.5 Å². The number of fused-ring (bicyclic) bond motifs is 1. The first-order valence-electron chi connectivity index (χ1n) is 9.73. The number of nitrogens with one attached hydrogen (secondary N) is 1. The molecule has 2 fully saturated rings. The lowest BCUT2D eigenvalue weighted by molar-refractivity contribution is -0.192. The number of carboxylic acids is 1. The van der Waals surface area contributed by atoms with Gasteiger partial charge in [0.15, 0.2) is 5.65 Å². The Morgan fingerprint density at radius 1 is 1.30 bits per heavy atom. The number of nitrogens with zero attached hydrogens (tertiary/aromatic N) is 4. The molecule has 2 atom stereocenters. The Hall–Kier alpha value is -2.50. The molecular formula is C18H23F4N5O3. The molecule has 2 aliphatic rings. The molecule has 2 aromatic heterocycles. The van der Waals surface area contributed by atoms with Gasteiger partial charge in [0.05, 0.1) is 18.3 Å². The molecule has 1 aliphatic heterocycles. The Labute approximate surface area is 168 Å². The predicted molar refractivity (Wildman–Crippen MR) is 98.8 cm³/mol. The third-order valence-electron chi connectivity index (χ3n) is 5.50. The van der Waals surface area contributed by atoms with Crippen molar-refractivity contribution in [2.75, 3.05) is 13.1 Å². The zero-order valence-corrected chi connectivity index (χ0v) is 16.3. The van der Waals surface area contributed by atoms with Crippen LogP contribution in [-0.4, -0.2) is 61.2 Å². The number of carbonyl (C=O) groups is 1. The Morgan fingerprint density at radius 2 is 1.93 bits per heavy atom. The summed E-state index contributed by atoms with van der Waals surface area (Å²) in [6.07, 6.45) is 0.876. The molecule has 12 heteroatoms. The Bertz CT molecular complexity index is 951. The van der Waals surface area contributed by atoms with Gasteiger partial charge in [0.2, 0.25) is 0 Å². The summed E-state index contributed by atoms with van der Waals surface area (Å²) in [6, 6.07) is 0.242. The molecule has 8 nitrogen and oxygen atoms in total. The number of aromatic nitrogens is 4. The minimum absolute atomic E-state index is 0.0974. The van der Waals surface area contributed by atoms with Crippen LogP contribution in [0.3, 0.4) is 0 Å². The average Bonchev–Trinajstić information content (AvgIpc) is 3.40. The lowest BCUT2D eigenvalue weighted by atomic mass is 10.2. The first-order valence-corrected chi connectivity index (χ1v) is 9.73. The minimum atomic E-state index is -5.08. The van der Waals surface area contributed by atoms with E-state index < -0.39 is 18.3 Å². The smallest absolute Gasteiger partial charge is 0.475 e. The molecule has 1 saturated carbocycles. The van der Waals surface area contributed by atoms with Crippen molar-refractivity contribution in [3.8, 4) is 0 Å². The van der Waals surface area contributed by atoms with E-state index in [0.29, 0.717) is 42.4 Å². The van der Waals surface area contributed by atoms with Crippen LogP contribution in [0.1, 0.15) is 56.9 Å². The monoisotopic (exact) mass is 433 g/mol. The maximum absolute atomic E-state index is 13.5. The van der Waals surface area contributed by atoms with Crippen LogP contribution in [0, 0.1) is 0 Å². The van der Waals surface area contributed by atoms with Gasteiger partial charge in [0.25, 0.3) is 5.56 Å². The summed E-state index contributed by atoms with van der Waals surface area (Å²) in [5.41, 5.74) is 0.510. The van der Waals surface area contributed by atoms with Crippen molar-refractivity contribution in [1.82, 2.24) is 24.6 Å². The summed E-state index contributed by atoms with van der Waals surface area (Å²) in [5, 5.41) is 12.1. The molecular weight excluding hydrogens is 410 g/mol. The third-order valence-corrected chi connectivity index (χ3v) is 5.50. The second kappa shape index (κ2) is 8.70. The van der Waals surface area contributed by atoms with E-state index in [1.165, 1.54) is 12.8 Å². The fourth-order valence-electron chi connectivity index (χ4n) is 3.83. The normalized spacial score (nSPS) is 21.6. The molecule has 0 radical (unpaired) electrons. The maximum Gasteiger partial charge on any atom is 0.490 e. The van der Waals surface area contributed by atoms with Crippen LogP contribution >= 0.6 is 0 Å². The second-order valence-electron chi connectivity index (χ2n) is 7.58. The van der Waals surface area contributed by atoms with Crippen molar-refractivity contribution < 1.29 is 27.5 Å². The number of halogens is 4. The molecule has 0 amide bonds.